The molecule has 0 aromatic heterocycles. The monoisotopic (exact) mass is 366 g/mol. The number of carbonyl (C=O) groups is 1. The molecular formula is C24H46O2. The quantitative estimate of drug-likeness (QED) is 0.404. The normalized spacial score (nSPS) is 23.3. The molecule has 1 rings (SSSR count). The molecule has 0 radical (unpaired) electrons. The van der Waals surface area contributed by atoms with Gasteiger partial charge in [-0.2, -0.15) is 0 Å². The minimum absolute atomic E-state index is 0.0236. The summed E-state index contributed by atoms with van der Waals surface area (Å²) in [5.41, 5.74) is 0. The molecule has 0 aliphatic carbocycles. The van der Waals surface area contributed by atoms with Gasteiger partial charge in [0.15, 0.2) is 0 Å². The van der Waals surface area contributed by atoms with Gasteiger partial charge >= 0.3 is 5.97 Å². The molecule has 1 aliphatic rings. The van der Waals surface area contributed by atoms with E-state index in [0.717, 1.165) is 12.8 Å². The van der Waals surface area contributed by atoms with Gasteiger partial charge in [-0.15, -0.1) is 0 Å². The number of carbonyl (C=O) groups excluding carboxylic acids is 1. The molecule has 1 fully saturated rings. The Balaban J connectivity index is 2.08. The summed E-state index contributed by atoms with van der Waals surface area (Å²) in [6.45, 7) is 0.638. The third-order valence-electron chi connectivity index (χ3n) is 5.79. The topological polar surface area (TPSA) is 26.3 Å². The second kappa shape index (κ2) is 19.2. The molecule has 1 saturated heterocycles. The average Bonchev–Trinajstić information content (AvgIpc) is 2.64. The van der Waals surface area contributed by atoms with Crippen molar-refractivity contribution in [2.75, 3.05) is 6.61 Å². The van der Waals surface area contributed by atoms with Crippen LogP contribution in [0.5, 0.6) is 0 Å². The van der Waals surface area contributed by atoms with Gasteiger partial charge in [0.2, 0.25) is 0 Å². The van der Waals surface area contributed by atoms with Crippen LogP contribution in [0.2, 0.25) is 0 Å². The minimum Gasteiger partial charge on any atom is -0.466 e. The van der Waals surface area contributed by atoms with Crippen LogP contribution in [-0.4, -0.2) is 12.6 Å². The maximum Gasteiger partial charge on any atom is 0.305 e. The Labute approximate surface area is 163 Å². The molecule has 1 aliphatic heterocycles. The SMILES string of the molecule is O=C1CCCCCCCCCCCCCCCCCCCCCCCO1. The van der Waals surface area contributed by atoms with Crippen LogP contribution < -0.4 is 0 Å². The highest BCUT2D eigenvalue weighted by Gasteiger charge is 2.02. The lowest BCUT2D eigenvalue weighted by molar-refractivity contribution is -0.143. The number of cyclic esters (lactones) is 1. The molecule has 0 saturated carbocycles. The highest BCUT2D eigenvalue weighted by atomic mass is 16.5. The summed E-state index contributed by atoms with van der Waals surface area (Å²) < 4.78 is 5.35. The Hall–Kier alpha value is -0.530. The fourth-order valence-corrected chi connectivity index (χ4v) is 3.99. The number of hydrogen-bond donors (Lipinski definition) is 0. The molecule has 0 aromatic rings. The summed E-state index contributed by atoms with van der Waals surface area (Å²) in [5.74, 6) is 0.0236. The van der Waals surface area contributed by atoms with Crippen molar-refractivity contribution in [1.82, 2.24) is 0 Å². The van der Waals surface area contributed by atoms with Gasteiger partial charge in [-0.1, -0.05) is 122 Å². The van der Waals surface area contributed by atoms with Crippen molar-refractivity contribution in [2.24, 2.45) is 0 Å². The third-order valence-corrected chi connectivity index (χ3v) is 5.79. The van der Waals surface area contributed by atoms with Crippen LogP contribution in [0.1, 0.15) is 141 Å². The first-order valence-corrected chi connectivity index (χ1v) is 12.1. The summed E-state index contributed by atoms with van der Waals surface area (Å²) in [4.78, 5) is 11.7. The van der Waals surface area contributed by atoms with Gasteiger partial charge in [-0.25, -0.2) is 0 Å². The zero-order valence-corrected chi connectivity index (χ0v) is 17.6. The van der Waals surface area contributed by atoms with Crippen molar-refractivity contribution < 1.29 is 9.53 Å². The van der Waals surface area contributed by atoms with Gasteiger partial charge in [0.25, 0.3) is 0 Å². The first kappa shape index (κ1) is 23.5. The zero-order valence-electron chi connectivity index (χ0n) is 17.6. The summed E-state index contributed by atoms with van der Waals surface area (Å²) in [6, 6.07) is 0. The highest BCUT2D eigenvalue weighted by molar-refractivity contribution is 5.69. The lowest BCUT2D eigenvalue weighted by Gasteiger charge is -2.05. The van der Waals surface area contributed by atoms with Crippen LogP contribution in [0.25, 0.3) is 0 Å². The Bertz CT molecular complexity index is 273. The van der Waals surface area contributed by atoms with Gasteiger partial charge < -0.3 is 4.74 Å². The van der Waals surface area contributed by atoms with Crippen molar-refractivity contribution in [3.8, 4) is 0 Å². The Morgan fingerprint density at radius 2 is 0.654 bits per heavy atom. The van der Waals surface area contributed by atoms with E-state index in [1.54, 1.807) is 0 Å². The Kier molecular flexibility index (Phi) is 17.4. The molecule has 2 heteroatoms. The summed E-state index contributed by atoms with van der Waals surface area (Å²) in [7, 11) is 0. The van der Waals surface area contributed by atoms with Crippen LogP contribution in [0.3, 0.4) is 0 Å². The summed E-state index contributed by atoms with van der Waals surface area (Å²) >= 11 is 0. The van der Waals surface area contributed by atoms with Gasteiger partial charge in [0.1, 0.15) is 0 Å². The minimum atomic E-state index is 0.0236. The van der Waals surface area contributed by atoms with Crippen LogP contribution in [-0.2, 0) is 9.53 Å². The van der Waals surface area contributed by atoms with Crippen molar-refractivity contribution in [2.45, 2.75) is 141 Å². The summed E-state index contributed by atoms with van der Waals surface area (Å²) in [5, 5.41) is 0. The first-order valence-electron chi connectivity index (χ1n) is 12.1. The van der Waals surface area contributed by atoms with Crippen LogP contribution in [0.4, 0.5) is 0 Å². The molecule has 0 aromatic carbocycles. The van der Waals surface area contributed by atoms with E-state index < -0.39 is 0 Å². The van der Waals surface area contributed by atoms with E-state index in [4.69, 9.17) is 4.74 Å². The molecule has 0 amide bonds. The first-order chi connectivity index (χ1) is 12.9. The molecule has 0 spiro atoms. The van der Waals surface area contributed by atoms with Crippen molar-refractivity contribution in [3.63, 3.8) is 0 Å². The molecule has 0 bridgehead atoms. The molecular weight excluding hydrogens is 320 g/mol. The predicted molar refractivity (Wildman–Crippen MR) is 113 cm³/mol. The van der Waals surface area contributed by atoms with Crippen LogP contribution >= 0.6 is 0 Å². The molecule has 2 nitrogen and oxygen atoms in total. The highest BCUT2D eigenvalue weighted by Crippen LogP contribution is 2.15. The second-order valence-corrected chi connectivity index (χ2v) is 8.40. The lowest BCUT2D eigenvalue weighted by Crippen LogP contribution is -2.05. The Morgan fingerprint density at radius 3 is 1.00 bits per heavy atom. The van der Waals surface area contributed by atoms with E-state index in [2.05, 4.69) is 0 Å². The van der Waals surface area contributed by atoms with E-state index in [-0.39, 0.29) is 5.97 Å². The number of esters is 1. The smallest absolute Gasteiger partial charge is 0.305 e. The van der Waals surface area contributed by atoms with E-state index in [1.165, 1.54) is 122 Å². The van der Waals surface area contributed by atoms with Gasteiger partial charge in [-0.3, -0.25) is 4.79 Å². The molecule has 0 atom stereocenters. The van der Waals surface area contributed by atoms with Gasteiger partial charge in [0, 0.05) is 6.42 Å². The Morgan fingerprint density at radius 1 is 0.385 bits per heavy atom. The third kappa shape index (κ3) is 16.9. The number of ether oxygens (including phenoxy) is 1. The predicted octanol–water partition coefficient (Wildman–Crippen LogP) is 8.13. The van der Waals surface area contributed by atoms with Crippen molar-refractivity contribution >= 4 is 5.97 Å². The van der Waals surface area contributed by atoms with Crippen molar-refractivity contribution in [3.05, 3.63) is 0 Å². The maximum absolute atomic E-state index is 11.7. The van der Waals surface area contributed by atoms with Crippen molar-refractivity contribution in [1.29, 1.82) is 0 Å². The van der Waals surface area contributed by atoms with E-state index in [9.17, 15) is 4.79 Å². The van der Waals surface area contributed by atoms with E-state index >= 15 is 0 Å². The molecule has 0 unspecified atom stereocenters. The van der Waals surface area contributed by atoms with Gasteiger partial charge in [-0.05, 0) is 12.8 Å². The maximum atomic E-state index is 11.7. The van der Waals surface area contributed by atoms with Crippen LogP contribution in [0, 0.1) is 0 Å². The number of rotatable bonds is 0. The largest absolute Gasteiger partial charge is 0.466 e. The molecule has 154 valence electrons. The number of hydrogen-bond acceptors (Lipinski definition) is 2. The second-order valence-electron chi connectivity index (χ2n) is 8.40. The zero-order chi connectivity index (χ0) is 18.5. The standard InChI is InChI=1S/C24H46O2/c25-24-22-20-18-16-14-12-10-8-6-4-2-1-3-5-7-9-11-13-15-17-19-21-23-26-24/h1-23H2. The summed E-state index contributed by atoms with van der Waals surface area (Å²) in [6.07, 6.45) is 29.0. The van der Waals surface area contributed by atoms with Crippen LogP contribution in [0.15, 0.2) is 0 Å². The van der Waals surface area contributed by atoms with E-state index in [1.807, 2.05) is 0 Å². The fourth-order valence-electron chi connectivity index (χ4n) is 3.99. The lowest BCUT2D eigenvalue weighted by atomic mass is 10.0. The van der Waals surface area contributed by atoms with Gasteiger partial charge in [0.05, 0.1) is 6.61 Å². The fraction of sp³-hybridized carbons (Fsp3) is 0.958. The average molecular weight is 367 g/mol. The van der Waals surface area contributed by atoms with E-state index in [0.29, 0.717) is 13.0 Å². The molecule has 1 heterocycles. The molecule has 0 N–H and O–H groups in total. The molecule has 26 heavy (non-hydrogen) atoms.